The molecule has 3 atom stereocenters. The van der Waals surface area contributed by atoms with Gasteiger partial charge in [0, 0.05) is 12.6 Å². The molecule has 4 N–H and O–H groups in total. The maximum atomic E-state index is 13.9. The Labute approximate surface area is 231 Å². The molecule has 11 heteroatoms. The first-order valence-corrected chi connectivity index (χ1v) is 13.3. The third-order valence-corrected chi connectivity index (χ3v) is 5.71. The lowest BCUT2D eigenvalue weighted by Crippen LogP contribution is -2.56. The van der Waals surface area contributed by atoms with E-state index >= 15 is 0 Å². The second kappa shape index (κ2) is 15.9. The van der Waals surface area contributed by atoms with Gasteiger partial charge in [-0.2, -0.15) is 0 Å². The Morgan fingerprint density at radius 2 is 1.74 bits per heavy atom. The largest absolute Gasteiger partial charge is 0.508 e. The van der Waals surface area contributed by atoms with Crippen molar-refractivity contribution in [1.82, 2.24) is 15.5 Å². The number of alkyl carbamates (subject to hydrolysis) is 1. The quantitative estimate of drug-likeness (QED) is 0.257. The second-order valence-corrected chi connectivity index (χ2v) is 10.8. The molecule has 0 aliphatic rings. The lowest BCUT2D eigenvalue weighted by atomic mass is 9.97. The smallest absolute Gasteiger partial charge is 0.408 e. The van der Waals surface area contributed by atoms with Gasteiger partial charge in [0.15, 0.2) is 0 Å². The van der Waals surface area contributed by atoms with Crippen LogP contribution in [0.3, 0.4) is 0 Å². The van der Waals surface area contributed by atoms with Crippen molar-refractivity contribution in [2.45, 2.75) is 91.5 Å². The normalized spacial score (nSPS) is 13.7. The Morgan fingerprint density at radius 1 is 1.08 bits per heavy atom. The van der Waals surface area contributed by atoms with Gasteiger partial charge in [-0.05, 0) is 71.1 Å². The van der Waals surface area contributed by atoms with Crippen LogP contribution in [0, 0.1) is 5.92 Å². The molecule has 39 heavy (non-hydrogen) atoms. The number of nitrogens with zero attached hydrogens (tertiary/aromatic N) is 1. The summed E-state index contributed by atoms with van der Waals surface area (Å²) in [6, 6.07) is 2.83. The molecular weight excluding hydrogens is 506 g/mol. The van der Waals surface area contributed by atoms with Crippen molar-refractivity contribution in [3.63, 3.8) is 0 Å². The molecule has 0 saturated carbocycles. The van der Waals surface area contributed by atoms with Crippen LogP contribution in [0.2, 0.25) is 0 Å². The van der Waals surface area contributed by atoms with Crippen molar-refractivity contribution in [2.24, 2.45) is 5.92 Å². The van der Waals surface area contributed by atoms with Crippen molar-refractivity contribution in [3.05, 3.63) is 29.8 Å². The number of aliphatic hydroxyl groups is 1. The van der Waals surface area contributed by atoms with E-state index < -0.39 is 54.2 Å². The number of aromatic hydroxyl groups is 1. The van der Waals surface area contributed by atoms with E-state index in [4.69, 9.17) is 9.47 Å². The molecule has 0 aromatic heterocycles. The summed E-state index contributed by atoms with van der Waals surface area (Å²) in [5.74, 6) is -1.57. The number of aliphatic hydroxyl groups excluding tert-OH is 1. The summed E-state index contributed by atoms with van der Waals surface area (Å²) in [6.45, 7) is 12.0. The van der Waals surface area contributed by atoms with Crippen LogP contribution in [0.1, 0.15) is 79.3 Å². The van der Waals surface area contributed by atoms with Gasteiger partial charge in [0.2, 0.25) is 11.8 Å². The highest BCUT2D eigenvalue weighted by atomic mass is 16.6. The SMILES string of the molecule is CCOC(=O)CCNC(=O)C(c1cccc(O)c1)N(C(=O)C(CO)NC(=O)OC(C)(C)C)C(C)CCC(C)C. The standard InChI is InChI=1S/C28H45N3O8/c1-8-38-23(34)14-15-29-25(35)24(20-10-9-11-21(33)16-20)31(19(4)13-12-18(2)3)26(36)22(17-32)30-27(37)39-28(5,6)7/h9-11,16,18-19,22,24,32-33H,8,12-15,17H2,1-7H3,(H,29,35)(H,30,37). The average Bonchev–Trinajstić information content (AvgIpc) is 2.82. The molecule has 0 aliphatic heterocycles. The van der Waals surface area contributed by atoms with Gasteiger partial charge < -0.3 is 35.2 Å². The van der Waals surface area contributed by atoms with Gasteiger partial charge in [-0.1, -0.05) is 26.0 Å². The van der Waals surface area contributed by atoms with Crippen molar-refractivity contribution >= 4 is 23.9 Å². The van der Waals surface area contributed by atoms with E-state index in [0.29, 0.717) is 17.9 Å². The first-order valence-electron chi connectivity index (χ1n) is 13.3. The Hall–Kier alpha value is -3.34. The molecule has 0 aliphatic carbocycles. The van der Waals surface area contributed by atoms with Crippen LogP contribution in [0.15, 0.2) is 24.3 Å². The molecule has 1 aromatic carbocycles. The van der Waals surface area contributed by atoms with E-state index in [2.05, 4.69) is 10.6 Å². The van der Waals surface area contributed by atoms with Gasteiger partial charge in [-0.3, -0.25) is 14.4 Å². The highest BCUT2D eigenvalue weighted by molar-refractivity contribution is 5.92. The molecule has 0 saturated heterocycles. The van der Waals surface area contributed by atoms with E-state index in [1.807, 2.05) is 13.8 Å². The first-order chi connectivity index (χ1) is 18.2. The van der Waals surface area contributed by atoms with E-state index in [1.54, 1.807) is 46.8 Å². The molecule has 1 rings (SSSR count). The fourth-order valence-corrected chi connectivity index (χ4v) is 3.88. The zero-order valence-corrected chi connectivity index (χ0v) is 24.2. The zero-order valence-electron chi connectivity index (χ0n) is 24.2. The molecule has 0 heterocycles. The molecule has 1 aromatic rings. The van der Waals surface area contributed by atoms with Crippen molar-refractivity contribution < 1.29 is 38.9 Å². The summed E-state index contributed by atoms with van der Waals surface area (Å²) in [7, 11) is 0. The highest BCUT2D eigenvalue weighted by Gasteiger charge is 2.38. The number of phenolic OH excluding ortho intramolecular Hbond substituents is 1. The highest BCUT2D eigenvalue weighted by Crippen LogP contribution is 2.29. The molecule has 0 fully saturated rings. The number of carbonyl (C=O) groups is 4. The number of phenols is 1. The van der Waals surface area contributed by atoms with Gasteiger partial charge in [0.25, 0.3) is 0 Å². The van der Waals surface area contributed by atoms with Crippen LogP contribution in [0.5, 0.6) is 5.75 Å². The number of ether oxygens (including phenoxy) is 2. The van der Waals surface area contributed by atoms with Gasteiger partial charge in [0.05, 0.1) is 19.6 Å². The Morgan fingerprint density at radius 3 is 2.28 bits per heavy atom. The van der Waals surface area contributed by atoms with Crippen LogP contribution < -0.4 is 10.6 Å². The molecule has 11 nitrogen and oxygen atoms in total. The predicted octanol–water partition coefficient (Wildman–Crippen LogP) is 3.04. The van der Waals surface area contributed by atoms with Crippen LogP contribution in [0.25, 0.3) is 0 Å². The maximum absolute atomic E-state index is 13.9. The Bertz CT molecular complexity index is 960. The van der Waals surface area contributed by atoms with Gasteiger partial charge in [-0.15, -0.1) is 0 Å². The third kappa shape index (κ3) is 11.9. The lowest BCUT2D eigenvalue weighted by Gasteiger charge is -2.38. The third-order valence-electron chi connectivity index (χ3n) is 5.71. The van der Waals surface area contributed by atoms with E-state index in [1.165, 1.54) is 17.0 Å². The van der Waals surface area contributed by atoms with Crippen LogP contribution >= 0.6 is 0 Å². The number of rotatable bonds is 14. The summed E-state index contributed by atoms with van der Waals surface area (Å²) in [4.78, 5) is 53.0. The van der Waals surface area contributed by atoms with Crippen LogP contribution in [0.4, 0.5) is 4.79 Å². The number of esters is 1. The summed E-state index contributed by atoms with van der Waals surface area (Å²) < 4.78 is 10.2. The summed E-state index contributed by atoms with van der Waals surface area (Å²) in [5, 5.41) is 25.3. The minimum atomic E-state index is -1.39. The van der Waals surface area contributed by atoms with Crippen molar-refractivity contribution in [2.75, 3.05) is 19.8 Å². The first kappa shape index (κ1) is 33.7. The zero-order chi connectivity index (χ0) is 29.8. The van der Waals surface area contributed by atoms with Gasteiger partial charge >= 0.3 is 12.1 Å². The summed E-state index contributed by atoms with van der Waals surface area (Å²) in [6.07, 6.45) is 0.311. The molecule has 0 radical (unpaired) electrons. The van der Waals surface area contributed by atoms with E-state index in [9.17, 15) is 29.4 Å². The minimum absolute atomic E-state index is 0.0328. The van der Waals surface area contributed by atoms with Crippen molar-refractivity contribution in [1.29, 1.82) is 0 Å². The Kier molecular flexibility index (Phi) is 13.8. The predicted molar refractivity (Wildman–Crippen MR) is 146 cm³/mol. The number of amides is 3. The maximum Gasteiger partial charge on any atom is 0.408 e. The number of nitrogens with one attached hydrogen (secondary N) is 2. The monoisotopic (exact) mass is 551 g/mol. The van der Waals surface area contributed by atoms with E-state index in [-0.39, 0.29) is 25.3 Å². The lowest BCUT2D eigenvalue weighted by molar-refractivity contribution is -0.146. The Balaban J connectivity index is 3.45. The average molecular weight is 552 g/mol. The van der Waals surface area contributed by atoms with Gasteiger partial charge in [0.1, 0.15) is 23.4 Å². The number of carbonyl (C=O) groups excluding carboxylic acids is 4. The second-order valence-electron chi connectivity index (χ2n) is 10.8. The number of benzene rings is 1. The van der Waals surface area contributed by atoms with Crippen molar-refractivity contribution in [3.8, 4) is 5.75 Å². The molecular formula is C28H45N3O8. The van der Waals surface area contributed by atoms with E-state index in [0.717, 1.165) is 6.42 Å². The fourth-order valence-electron chi connectivity index (χ4n) is 3.88. The minimum Gasteiger partial charge on any atom is -0.508 e. The molecule has 3 amide bonds. The fraction of sp³-hybridized carbons (Fsp3) is 0.643. The van der Waals surface area contributed by atoms with Crippen LogP contribution in [-0.4, -0.2) is 76.4 Å². The summed E-state index contributed by atoms with van der Waals surface area (Å²) >= 11 is 0. The molecule has 0 bridgehead atoms. The molecule has 220 valence electrons. The van der Waals surface area contributed by atoms with Crippen LogP contribution in [-0.2, 0) is 23.9 Å². The topological polar surface area (TPSA) is 154 Å². The number of hydrogen-bond donors (Lipinski definition) is 4. The molecule has 0 spiro atoms. The molecule has 3 unspecified atom stereocenters. The van der Waals surface area contributed by atoms with Gasteiger partial charge in [-0.25, -0.2) is 4.79 Å². The number of hydrogen-bond acceptors (Lipinski definition) is 8. The summed E-state index contributed by atoms with van der Waals surface area (Å²) in [5.41, 5.74) is -0.511.